The minimum absolute atomic E-state index is 0.257. The summed E-state index contributed by atoms with van der Waals surface area (Å²) in [6.45, 7) is 4.45. The van der Waals surface area contributed by atoms with Gasteiger partial charge in [-0.05, 0) is 28.8 Å². The SMILES string of the molecule is CNc1nc(NC(c2cccs2)C(C)C)c2ccsc2n1. The van der Waals surface area contributed by atoms with Gasteiger partial charge in [-0.3, -0.25) is 0 Å². The predicted molar refractivity (Wildman–Crippen MR) is 92.5 cm³/mol. The third-order valence-corrected chi connectivity index (χ3v) is 5.12. The van der Waals surface area contributed by atoms with Crippen molar-refractivity contribution in [1.29, 1.82) is 0 Å². The molecule has 0 saturated carbocycles. The maximum absolute atomic E-state index is 4.60. The molecule has 0 saturated heterocycles. The fourth-order valence-electron chi connectivity index (χ4n) is 2.26. The van der Waals surface area contributed by atoms with Crippen molar-refractivity contribution in [3.8, 4) is 0 Å². The zero-order chi connectivity index (χ0) is 14.8. The fourth-order valence-corrected chi connectivity index (χ4v) is 3.97. The number of anilines is 2. The summed E-state index contributed by atoms with van der Waals surface area (Å²) >= 11 is 3.41. The van der Waals surface area contributed by atoms with Crippen molar-refractivity contribution >= 4 is 44.7 Å². The highest BCUT2D eigenvalue weighted by atomic mass is 32.1. The van der Waals surface area contributed by atoms with Gasteiger partial charge in [-0.1, -0.05) is 19.9 Å². The largest absolute Gasteiger partial charge is 0.361 e. The van der Waals surface area contributed by atoms with Gasteiger partial charge in [-0.2, -0.15) is 4.98 Å². The van der Waals surface area contributed by atoms with Crippen LogP contribution in [0.2, 0.25) is 0 Å². The number of hydrogen-bond acceptors (Lipinski definition) is 6. The van der Waals surface area contributed by atoms with Crippen molar-refractivity contribution in [1.82, 2.24) is 9.97 Å². The molecule has 21 heavy (non-hydrogen) atoms. The first-order valence-electron chi connectivity index (χ1n) is 6.92. The molecular formula is C15H18N4S2. The molecule has 0 spiro atoms. The number of nitrogens with one attached hydrogen (secondary N) is 2. The standard InChI is InChI=1S/C15H18N4S2/c1-9(2)12(11-5-4-7-20-11)17-13-10-6-8-21-14(10)19-15(16-3)18-13/h4-9,12H,1-3H3,(H2,16,17,18,19). The quantitative estimate of drug-likeness (QED) is 0.721. The maximum Gasteiger partial charge on any atom is 0.225 e. The zero-order valence-electron chi connectivity index (χ0n) is 12.3. The van der Waals surface area contributed by atoms with Gasteiger partial charge in [-0.25, -0.2) is 4.98 Å². The Kier molecular flexibility index (Phi) is 4.07. The lowest BCUT2D eigenvalue weighted by atomic mass is 10.0. The first-order chi connectivity index (χ1) is 10.2. The highest BCUT2D eigenvalue weighted by molar-refractivity contribution is 7.16. The Morgan fingerprint density at radius 2 is 1.95 bits per heavy atom. The van der Waals surface area contributed by atoms with Gasteiger partial charge in [0.1, 0.15) is 10.6 Å². The van der Waals surface area contributed by atoms with Crippen LogP contribution < -0.4 is 10.6 Å². The van der Waals surface area contributed by atoms with E-state index in [0.717, 1.165) is 16.0 Å². The van der Waals surface area contributed by atoms with E-state index >= 15 is 0 Å². The number of nitrogens with zero attached hydrogens (tertiary/aromatic N) is 2. The minimum Gasteiger partial charge on any atom is -0.361 e. The van der Waals surface area contributed by atoms with Crippen LogP contribution >= 0.6 is 22.7 Å². The smallest absolute Gasteiger partial charge is 0.225 e. The van der Waals surface area contributed by atoms with E-state index in [-0.39, 0.29) is 6.04 Å². The molecule has 0 fully saturated rings. The van der Waals surface area contributed by atoms with Crippen LogP contribution in [0, 0.1) is 5.92 Å². The molecule has 0 aliphatic heterocycles. The van der Waals surface area contributed by atoms with Gasteiger partial charge in [0, 0.05) is 11.9 Å². The van der Waals surface area contributed by atoms with Crippen molar-refractivity contribution < 1.29 is 0 Å². The van der Waals surface area contributed by atoms with Gasteiger partial charge in [-0.15, -0.1) is 22.7 Å². The molecule has 3 aromatic heterocycles. The number of thiophene rings is 2. The van der Waals surface area contributed by atoms with E-state index in [0.29, 0.717) is 11.9 Å². The Morgan fingerprint density at radius 1 is 1.10 bits per heavy atom. The van der Waals surface area contributed by atoms with Gasteiger partial charge in [0.15, 0.2) is 0 Å². The second-order valence-corrected chi connectivity index (χ2v) is 7.04. The van der Waals surface area contributed by atoms with Crippen LogP contribution in [0.4, 0.5) is 11.8 Å². The van der Waals surface area contributed by atoms with E-state index in [9.17, 15) is 0 Å². The van der Waals surface area contributed by atoms with E-state index in [1.54, 1.807) is 22.7 Å². The van der Waals surface area contributed by atoms with Crippen molar-refractivity contribution in [2.45, 2.75) is 19.9 Å². The molecule has 0 aliphatic rings. The van der Waals surface area contributed by atoms with Gasteiger partial charge in [0.25, 0.3) is 0 Å². The van der Waals surface area contributed by atoms with Crippen LogP contribution in [-0.4, -0.2) is 17.0 Å². The molecule has 3 rings (SSSR count). The molecule has 4 nitrogen and oxygen atoms in total. The van der Waals surface area contributed by atoms with Crippen LogP contribution in [0.25, 0.3) is 10.2 Å². The molecule has 1 unspecified atom stereocenters. The Labute approximate surface area is 132 Å². The van der Waals surface area contributed by atoms with Gasteiger partial charge in [0.2, 0.25) is 5.95 Å². The third-order valence-electron chi connectivity index (χ3n) is 3.36. The Balaban J connectivity index is 2.01. The van der Waals surface area contributed by atoms with E-state index in [2.05, 4.69) is 63.4 Å². The summed E-state index contributed by atoms with van der Waals surface area (Å²) in [7, 11) is 1.84. The zero-order valence-corrected chi connectivity index (χ0v) is 13.9. The Bertz CT molecular complexity index is 718. The molecule has 6 heteroatoms. The topological polar surface area (TPSA) is 49.8 Å². The Morgan fingerprint density at radius 3 is 2.62 bits per heavy atom. The van der Waals surface area contributed by atoms with Crippen LogP contribution in [-0.2, 0) is 0 Å². The first-order valence-corrected chi connectivity index (χ1v) is 8.68. The van der Waals surface area contributed by atoms with Crippen LogP contribution in [0.5, 0.6) is 0 Å². The average molecular weight is 318 g/mol. The maximum atomic E-state index is 4.60. The van der Waals surface area contributed by atoms with Gasteiger partial charge < -0.3 is 10.6 Å². The summed E-state index contributed by atoms with van der Waals surface area (Å²) in [4.78, 5) is 11.4. The van der Waals surface area contributed by atoms with Gasteiger partial charge in [0.05, 0.1) is 11.4 Å². The lowest BCUT2D eigenvalue weighted by Gasteiger charge is -2.22. The number of hydrogen-bond donors (Lipinski definition) is 2. The van der Waals surface area contributed by atoms with Crippen molar-refractivity contribution in [2.75, 3.05) is 17.7 Å². The first kappa shape index (κ1) is 14.3. The van der Waals surface area contributed by atoms with E-state index < -0.39 is 0 Å². The van der Waals surface area contributed by atoms with E-state index in [4.69, 9.17) is 0 Å². The van der Waals surface area contributed by atoms with Crippen LogP contribution in [0.1, 0.15) is 24.8 Å². The molecule has 0 aromatic carbocycles. The summed E-state index contributed by atoms with van der Waals surface area (Å²) < 4.78 is 0. The Hall–Kier alpha value is -1.66. The minimum atomic E-state index is 0.257. The molecule has 3 aromatic rings. The molecule has 3 heterocycles. The predicted octanol–water partition coefficient (Wildman–Crippen LogP) is 4.60. The molecule has 110 valence electrons. The summed E-state index contributed by atoms with van der Waals surface area (Å²) in [5.41, 5.74) is 0. The van der Waals surface area contributed by atoms with E-state index in [1.807, 2.05) is 7.05 Å². The lowest BCUT2D eigenvalue weighted by molar-refractivity contribution is 0.552. The molecule has 1 atom stereocenters. The lowest BCUT2D eigenvalue weighted by Crippen LogP contribution is -2.17. The van der Waals surface area contributed by atoms with Crippen molar-refractivity contribution in [3.05, 3.63) is 33.8 Å². The molecular weight excluding hydrogens is 300 g/mol. The molecule has 0 radical (unpaired) electrons. The second-order valence-electron chi connectivity index (χ2n) is 5.17. The summed E-state index contributed by atoms with van der Waals surface area (Å²) in [6.07, 6.45) is 0. The molecule has 0 amide bonds. The summed E-state index contributed by atoms with van der Waals surface area (Å²) in [5, 5.41) is 11.9. The summed E-state index contributed by atoms with van der Waals surface area (Å²) in [6, 6.07) is 6.60. The van der Waals surface area contributed by atoms with E-state index in [1.165, 1.54) is 4.88 Å². The normalized spacial score (nSPS) is 12.8. The summed E-state index contributed by atoms with van der Waals surface area (Å²) in [5.74, 6) is 2.03. The van der Waals surface area contributed by atoms with Gasteiger partial charge >= 0.3 is 0 Å². The number of aromatic nitrogens is 2. The highest BCUT2D eigenvalue weighted by Crippen LogP contribution is 2.33. The number of rotatable bonds is 5. The van der Waals surface area contributed by atoms with Crippen molar-refractivity contribution in [3.63, 3.8) is 0 Å². The molecule has 2 N–H and O–H groups in total. The average Bonchev–Trinajstić information content (AvgIpc) is 3.14. The third kappa shape index (κ3) is 2.87. The molecule has 0 bridgehead atoms. The highest BCUT2D eigenvalue weighted by Gasteiger charge is 2.19. The second kappa shape index (κ2) is 5.99. The number of fused-ring (bicyclic) bond motifs is 1. The fraction of sp³-hybridized carbons (Fsp3) is 0.333. The van der Waals surface area contributed by atoms with Crippen LogP contribution in [0.3, 0.4) is 0 Å². The van der Waals surface area contributed by atoms with Crippen LogP contribution in [0.15, 0.2) is 29.0 Å². The molecule has 0 aliphatic carbocycles. The van der Waals surface area contributed by atoms with Crippen molar-refractivity contribution in [2.24, 2.45) is 5.92 Å². The monoisotopic (exact) mass is 318 g/mol.